The maximum atomic E-state index is 6.06. The highest BCUT2D eigenvalue weighted by Crippen LogP contribution is 2.32. The molecule has 0 fully saturated rings. The van der Waals surface area contributed by atoms with Gasteiger partial charge in [0.25, 0.3) is 0 Å². The predicted octanol–water partition coefficient (Wildman–Crippen LogP) is 9.15. The number of hydrogen-bond acceptors (Lipinski definition) is 8. The van der Waals surface area contributed by atoms with Crippen molar-refractivity contribution in [1.82, 2.24) is 0 Å². The van der Waals surface area contributed by atoms with Gasteiger partial charge in [-0.05, 0) is 67.2 Å². The Bertz CT molecular complexity index is 444. The van der Waals surface area contributed by atoms with Crippen LogP contribution >= 0.6 is 21.6 Å². The lowest BCUT2D eigenvalue weighted by Gasteiger charge is -2.33. The summed E-state index contributed by atoms with van der Waals surface area (Å²) >= 11 is 0. The lowest BCUT2D eigenvalue weighted by Crippen LogP contribution is -2.49. The molecule has 0 aromatic heterocycles. The van der Waals surface area contributed by atoms with Gasteiger partial charge in [0.1, 0.15) is 0 Å². The average Bonchev–Trinajstić information content (AvgIpc) is 2.89. The molecule has 0 rings (SSSR count). The van der Waals surface area contributed by atoms with E-state index in [9.17, 15) is 0 Å². The van der Waals surface area contributed by atoms with Gasteiger partial charge >= 0.3 is 17.6 Å². The second-order valence-electron chi connectivity index (χ2n) is 9.66. The highest BCUT2D eigenvalue weighted by Gasteiger charge is 2.47. The molecule has 0 aromatic carbocycles. The highest BCUT2D eigenvalue weighted by molar-refractivity contribution is 8.76. The third kappa shape index (κ3) is 16.4. The number of hydrogen-bond donors (Lipinski definition) is 0. The van der Waals surface area contributed by atoms with E-state index in [1.807, 2.05) is 63.1 Å². The van der Waals surface area contributed by atoms with E-state index in [4.69, 9.17) is 26.6 Å². The molecule has 0 saturated heterocycles. The average molecular weight is 615 g/mol. The minimum Gasteiger partial charge on any atom is -0.374 e. The second-order valence-corrected chi connectivity index (χ2v) is 18.5. The summed E-state index contributed by atoms with van der Waals surface area (Å²) in [7, 11) is -0.999. The molecule has 0 heterocycles. The van der Waals surface area contributed by atoms with E-state index < -0.39 is 17.6 Å². The van der Waals surface area contributed by atoms with Gasteiger partial charge < -0.3 is 26.6 Å². The van der Waals surface area contributed by atoms with E-state index in [1.165, 1.54) is 62.9 Å². The van der Waals surface area contributed by atoms with Crippen LogP contribution in [0, 0.1) is 0 Å². The molecule has 0 N–H and O–H groups in total. The van der Waals surface area contributed by atoms with Crippen molar-refractivity contribution in [3.05, 3.63) is 0 Å². The van der Waals surface area contributed by atoms with Crippen LogP contribution in [0.3, 0.4) is 0 Å². The Balaban J connectivity index is 3.87. The largest absolute Gasteiger partial charge is 0.503 e. The lowest BCUT2D eigenvalue weighted by atomic mass is 10.1. The van der Waals surface area contributed by atoms with Crippen molar-refractivity contribution in [3.8, 4) is 0 Å². The normalized spacial score (nSPS) is 14.2. The van der Waals surface area contributed by atoms with Crippen LogP contribution < -0.4 is 0 Å². The first-order chi connectivity index (χ1) is 18.4. The highest BCUT2D eigenvalue weighted by atomic mass is 33.1. The fraction of sp³-hybridized carbons (Fsp3) is 1.00. The molecular formula is C28H62O6S2Si2. The van der Waals surface area contributed by atoms with E-state index >= 15 is 0 Å². The monoisotopic (exact) mass is 614 g/mol. The van der Waals surface area contributed by atoms with Crippen molar-refractivity contribution < 1.29 is 26.6 Å². The molecule has 0 saturated carbocycles. The van der Waals surface area contributed by atoms with Crippen LogP contribution in [0.4, 0.5) is 0 Å². The molecule has 0 radical (unpaired) electrons. The molecular weight excluding hydrogens is 553 g/mol. The molecule has 2 unspecified atom stereocenters. The zero-order chi connectivity index (χ0) is 28.5. The summed E-state index contributed by atoms with van der Waals surface area (Å²) in [4.78, 5) is 0. The first kappa shape index (κ1) is 38.9. The van der Waals surface area contributed by atoms with Crippen molar-refractivity contribution >= 4 is 39.2 Å². The Kier molecular flexibility index (Phi) is 26.2. The van der Waals surface area contributed by atoms with E-state index in [2.05, 4.69) is 13.8 Å². The third-order valence-corrected chi connectivity index (χ3v) is 16.3. The summed E-state index contributed by atoms with van der Waals surface area (Å²) in [5.74, 6) is 2.51. The molecule has 0 aliphatic rings. The molecule has 0 spiro atoms. The van der Waals surface area contributed by atoms with Crippen molar-refractivity contribution in [3.63, 3.8) is 0 Å². The lowest BCUT2D eigenvalue weighted by molar-refractivity contribution is 0.0605. The van der Waals surface area contributed by atoms with Crippen LogP contribution in [0.15, 0.2) is 0 Å². The molecule has 38 heavy (non-hydrogen) atoms. The van der Waals surface area contributed by atoms with Gasteiger partial charge in [-0.1, -0.05) is 74.0 Å². The van der Waals surface area contributed by atoms with Crippen LogP contribution in [0.5, 0.6) is 0 Å². The van der Waals surface area contributed by atoms with Crippen molar-refractivity contribution in [2.45, 2.75) is 131 Å². The first-order valence-electron chi connectivity index (χ1n) is 15.5. The Morgan fingerprint density at radius 3 is 0.947 bits per heavy atom. The minimum absolute atomic E-state index is 0.360. The Labute approximate surface area is 246 Å². The topological polar surface area (TPSA) is 55.4 Å². The molecule has 0 aromatic rings. The van der Waals surface area contributed by atoms with Gasteiger partial charge in [-0.15, -0.1) is 0 Å². The van der Waals surface area contributed by atoms with Gasteiger partial charge in [0.05, 0.1) is 0 Å². The summed E-state index contributed by atoms with van der Waals surface area (Å²) in [6.45, 7) is 20.6. The summed E-state index contributed by atoms with van der Waals surface area (Å²) in [5, 5.41) is 0. The van der Waals surface area contributed by atoms with Gasteiger partial charge in [0.2, 0.25) is 0 Å². The van der Waals surface area contributed by atoms with Crippen molar-refractivity contribution in [2.24, 2.45) is 0 Å². The zero-order valence-corrected chi connectivity index (χ0v) is 29.8. The van der Waals surface area contributed by atoms with Crippen molar-refractivity contribution in [2.75, 3.05) is 51.1 Å². The fourth-order valence-electron chi connectivity index (χ4n) is 4.71. The molecule has 0 aliphatic heterocycles. The summed E-state index contributed by atoms with van der Waals surface area (Å²) < 4.78 is 36.4. The Morgan fingerprint density at radius 1 is 0.421 bits per heavy atom. The molecule has 230 valence electrons. The van der Waals surface area contributed by atoms with Gasteiger partial charge in [-0.3, -0.25) is 0 Å². The number of unbranched alkanes of at least 4 members (excludes halogenated alkanes) is 6. The van der Waals surface area contributed by atoms with E-state index in [0.29, 0.717) is 50.7 Å². The van der Waals surface area contributed by atoms with E-state index in [0.717, 1.165) is 12.8 Å². The predicted molar refractivity (Wildman–Crippen MR) is 171 cm³/mol. The van der Waals surface area contributed by atoms with Gasteiger partial charge in [0, 0.05) is 62.2 Å². The first-order valence-corrected chi connectivity index (χ1v) is 21.6. The molecule has 6 nitrogen and oxygen atoms in total. The number of rotatable bonds is 29. The van der Waals surface area contributed by atoms with E-state index in [-0.39, 0.29) is 0 Å². The Morgan fingerprint density at radius 2 is 0.684 bits per heavy atom. The quantitative estimate of drug-likeness (QED) is 0.0470. The summed E-state index contributed by atoms with van der Waals surface area (Å²) in [6, 6.07) is 0. The fourth-order valence-corrected chi connectivity index (χ4v) is 12.7. The summed E-state index contributed by atoms with van der Waals surface area (Å²) in [6.07, 6.45) is 12.5. The minimum atomic E-state index is -2.55. The Hall–Kier alpha value is 0.894. The van der Waals surface area contributed by atoms with Gasteiger partial charge in [0.15, 0.2) is 0 Å². The van der Waals surface area contributed by atoms with Crippen molar-refractivity contribution in [1.29, 1.82) is 0 Å². The van der Waals surface area contributed by atoms with Gasteiger partial charge in [-0.25, -0.2) is 0 Å². The van der Waals surface area contributed by atoms with E-state index in [1.54, 1.807) is 0 Å². The molecule has 0 aliphatic carbocycles. The summed E-state index contributed by atoms with van der Waals surface area (Å²) in [5.41, 5.74) is 0.721. The van der Waals surface area contributed by atoms with Crippen LogP contribution in [-0.2, 0) is 26.6 Å². The third-order valence-electron chi connectivity index (χ3n) is 6.59. The standard InChI is InChI=1S/C28H62O6S2Si2/c1-9-29-37(30-10-2,31-11-3)27(7)23-19-15-17-21-25-35-36-26-22-18-16-20-24-28(8)38(32-12-4,33-13-5)34-14-6/h27-28H,9-26H2,1-8H3. The molecule has 0 amide bonds. The van der Waals surface area contributed by atoms with Crippen LogP contribution in [0.2, 0.25) is 11.1 Å². The van der Waals surface area contributed by atoms with Crippen LogP contribution in [0.25, 0.3) is 0 Å². The SMILES string of the molecule is CCO[Si](OCC)(OCC)C(C)CCCCCCSSCCCCCCC(C)[Si](OCC)(OCC)OCC. The molecule has 2 atom stereocenters. The van der Waals surface area contributed by atoms with Crippen LogP contribution in [-0.4, -0.2) is 68.8 Å². The smallest absolute Gasteiger partial charge is 0.374 e. The van der Waals surface area contributed by atoms with Crippen LogP contribution in [0.1, 0.15) is 120 Å². The molecule has 0 bridgehead atoms. The van der Waals surface area contributed by atoms with Gasteiger partial charge in [-0.2, -0.15) is 0 Å². The zero-order valence-electron chi connectivity index (χ0n) is 26.1. The second kappa shape index (κ2) is 25.6. The maximum absolute atomic E-state index is 6.06. The molecule has 10 heteroatoms. The maximum Gasteiger partial charge on any atom is 0.503 e.